The predicted octanol–water partition coefficient (Wildman–Crippen LogP) is 3.41. The third-order valence-electron chi connectivity index (χ3n) is 4.93. The third-order valence-corrected chi connectivity index (χ3v) is 5.91. The second kappa shape index (κ2) is 6.31. The van der Waals surface area contributed by atoms with Crippen molar-refractivity contribution < 1.29 is 13.5 Å². The maximum Gasteiger partial charge on any atom is 0.238 e. The van der Waals surface area contributed by atoms with Crippen molar-refractivity contribution in [3.8, 4) is 11.1 Å². The molecule has 0 bridgehead atoms. The van der Waals surface area contributed by atoms with Gasteiger partial charge in [0.2, 0.25) is 10.0 Å². The lowest BCUT2D eigenvalue weighted by Gasteiger charge is -2.34. The van der Waals surface area contributed by atoms with Gasteiger partial charge < -0.3 is 5.11 Å². The van der Waals surface area contributed by atoms with E-state index in [1.807, 2.05) is 43.3 Å². The van der Waals surface area contributed by atoms with Crippen LogP contribution in [-0.4, -0.2) is 19.1 Å². The molecule has 0 aliphatic heterocycles. The van der Waals surface area contributed by atoms with E-state index >= 15 is 0 Å². The first kappa shape index (κ1) is 17.1. The Hall–Kier alpha value is -1.69. The molecular formula is C19H23NO3S. The number of hydrogen-bond donors (Lipinski definition) is 2. The fourth-order valence-electron chi connectivity index (χ4n) is 3.49. The van der Waals surface area contributed by atoms with Crippen LogP contribution in [0.15, 0.2) is 53.4 Å². The molecule has 0 atom stereocenters. The van der Waals surface area contributed by atoms with Gasteiger partial charge >= 0.3 is 0 Å². The van der Waals surface area contributed by atoms with Gasteiger partial charge in [0.1, 0.15) is 0 Å². The maximum absolute atomic E-state index is 12.0. The van der Waals surface area contributed by atoms with Crippen molar-refractivity contribution in [3.63, 3.8) is 0 Å². The van der Waals surface area contributed by atoms with Gasteiger partial charge in [0.25, 0.3) is 0 Å². The molecule has 128 valence electrons. The zero-order chi connectivity index (χ0) is 17.4. The molecule has 2 aromatic rings. The SMILES string of the molecule is CC1(O)CCC(c2cc(-c3ccccc3)ccc2S(N)(=O)=O)CC1. The van der Waals surface area contributed by atoms with Crippen LogP contribution in [0.5, 0.6) is 0 Å². The first-order valence-electron chi connectivity index (χ1n) is 8.21. The van der Waals surface area contributed by atoms with Gasteiger partial charge in [-0.3, -0.25) is 0 Å². The molecule has 1 fully saturated rings. The van der Waals surface area contributed by atoms with E-state index in [9.17, 15) is 13.5 Å². The summed E-state index contributed by atoms with van der Waals surface area (Å²) in [4.78, 5) is 0.203. The third kappa shape index (κ3) is 3.69. The minimum absolute atomic E-state index is 0.0993. The first-order valence-corrected chi connectivity index (χ1v) is 9.75. The van der Waals surface area contributed by atoms with Gasteiger partial charge in [0.05, 0.1) is 10.5 Å². The Kier molecular flexibility index (Phi) is 4.51. The fourth-order valence-corrected chi connectivity index (χ4v) is 4.30. The van der Waals surface area contributed by atoms with Crippen LogP contribution >= 0.6 is 0 Å². The molecule has 0 amide bonds. The number of aliphatic hydroxyl groups is 1. The summed E-state index contributed by atoms with van der Waals surface area (Å²) in [6.45, 7) is 1.84. The van der Waals surface area contributed by atoms with E-state index in [0.29, 0.717) is 12.8 Å². The molecule has 0 saturated heterocycles. The molecular weight excluding hydrogens is 322 g/mol. The molecule has 24 heavy (non-hydrogen) atoms. The lowest BCUT2D eigenvalue weighted by molar-refractivity contribution is 0.0169. The number of nitrogens with two attached hydrogens (primary N) is 1. The van der Waals surface area contributed by atoms with Crippen LogP contribution in [0.4, 0.5) is 0 Å². The minimum Gasteiger partial charge on any atom is -0.390 e. The van der Waals surface area contributed by atoms with E-state index < -0.39 is 15.6 Å². The number of benzene rings is 2. The number of hydrogen-bond acceptors (Lipinski definition) is 3. The Balaban J connectivity index is 2.04. The van der Waals surface area contributed by atoms with Crippen molar-refractivity contribution in [1.82, 2.24) is 0 Å². The van der Waals surface area contributed by atoms with Crippen molar-refractivity contribution in [2.75, 3.05) is 0 Å². The van der Waals surface area contributed by atoms with Gasteiger partial charge in [-0.15, -0.1) is 0 Å². The lowest BCUT2D eigenvalue weighted by Crippen LogP contribution is -2.30. The number of sulfonamides is 1. The van der Waals surface area contributed by atoms with E-state index in [4.69, 9.17) is 5.14 Å². The highest BCUT2D eigenvalue weighted by atomic mass is 32.2. The molecule has 1 aliphatic rings. The zero-order valence-corrected chi connectivity index (χ0v) is 14.6. The summed E-state index contributed by atoms with van der Waals surface area (Å²) in [5.41, 5.74) is 2.14. The standard InChI is InChI=1S/C19H23NO3S/c1-19(21)11-9-15(10-12-19)17-13-16(14-5-3-2-4-6-14)7-8-18(17)24(20,22)23/h2-8,13,15,21H,9-12H2,1H3,(H2,20,22,23). The van der Waals surface area contributed by atoms with Crippen molar-refractivity contribution in [2.24, 2.45) is 5.14 Å². The Labute approximate surface area is 143 Å². The van der Waals surface area contributed by atoms with Crippen LogP contribution in [-0.2, 0) is 10.0 Å². The van der Waals surface area contributed by atoms with Crippen LogP contribution in [0.25, 0.3) is 11.1 Å². The lowest BCUT2D eigenvalue weighted by atomic mass is 9.76. The van der Waals surface area contributed by atoms with Crippen LogP contribution in [0, 0.1) is 0 Å². The van der Waals surface area contributed by atoms with E-state index in [-0.39, 0.29) is 10.8 Å². The highest BCUT2D eigenvalue weighted by Gasteiger charge is 2.31. The quantitative estimate of drug-likeness (QED) is 0.894. The molecule has 1 saturated carbocycles. The normalized spacial score (nSPS) is 24.7. The molecule has 5 heteroatoms. The summed E-state index contributed by atoms with van der Waals surface area (Å²) < 4.78 is 24.0. The first-order chi connectivity index (χ1) is 11.3. The van der Waals surface area contributed by atoms with E-state index in [2.05, 4.69) is 0 Å². The molecule has 0 aromatic heterocycles. The molecule has 0 heterocycles. The smallest absolute Gasteiger partial charge is 0.238 e. The summed E-state index contributed by atoms with van der Waals surface area (Å²) in [7, 11) is -3.77. The fraction of sp³-hybridized carbons (Fsp3) is 0.368. The second-order valence-electron chi connectivity index (χ2n) is 6.93. The van der Waals surface area contributed by atoms with Crippen molar-refractivity contribution in [3.05, 3.63) is 54.1 Å². The van der Waals surface area contributed by atoms with Gasteiger partial charge in [0, 0.05) is 0 Å². The molecule has 3 rings (SSSR count). The maximum atomic E-state index is 12.0. The predicted molar refractivity (Wildman–Crippen MR) is 95.1 cm³/mol. The van der Waals surface area contributed by atoms with Gasteiger partial charge in [-0.2, -0.15) is 0 Å². The second-order valence-corrected chi connectivity index (χ2v) is 8.46. The van der Waals surface area contributed by atoms with Crippen LogP contribution in [0.2, 0.25) is 0 Å². The Bertz CT molecular complexity index is 819. The van der Waals surface area contributed by atoms with Crippen LogP contribution < -0.4 is 5.14 Å². The summed E-state index contributed by atoms with van der Waals surface area (Å²) in [5.74, 6) is 0.0993. The number of rotatable bonds is 3. The van der Waals surface area contributed by atoms with Gasteiger partial charge in [-0.05, 0) is 67.3 Å². The Morgan fingerprint density at radius 1 is 1.04 bits per heavy atom. The average molecular weight is 345 g/mol. The Morgan fingerprint density at radius 2 is 1.67 bits per heavy atom. The van der Waals surface area contributed by atoms with Crippen molar-refractivity contribution in [2.45, 2.75) is 49.0 Å². The van der Waals surface area contributed by atoms with Crippen LogP contribution in [0.3, 0.4) is 0 Å². The van der Waals surface area contributed by atoms with E-state index in [0.717, 1.165) is 29.5 Å². The summed E-state index contributed by atoms with van der Waals surface area (Å²) in [5, 5.41) is 15.6. The molecule has 4 nitrogen and oxygen atoms in total. The molecule has 0 radical (unpaired) electrons. The van der Waals surface area contributed by atoms with Gasteiger partial charge in [0.15, 0.2) is 0 Å². The van der Waals surface area contributed by atoms with Gasteiger partial charge in [-0.25, -0.2) is 13.6 Å². The van der Waals surface area contributed by atoms with E-state index in [1.54, 1.807) is 12.1 Å². The minimum atomic E-state index is -3.77. The summed E-state index contributed by atoms with van der Waals surface area (Å²) in [6, 6.07) is 15.2. The molecule has 3 N–H and O–H groups in total. The monoisotopic (exact) mass is 345 g/mol. The van der Waals surface area contributed by atoms with Gasteiger partial charge in [-0.1, -0.05) is 36.4 Å². The number of primary sulfonamides is 1. The molecule has 0 unspecified atom stereocenters. The molecule has 0 spiro atoms. The molecule has 1 aliphatic carbocycles. The average Bonchev–Trinajstić information content (AvgIpc) is 2.54. The highest BCUT2D eigenvalue weighted by molar-refractivity contribution is 7.89. The van der Waals surface area contributed by atoms with Crippen molar-refractivity contribution >= 4 is 10.0 Å². The van der Waals surface area contributed by atoms with Crippen molar-refractivity contribution in [1.29, 1.82) is 0 Å². The van der Waals surface area contributed by atoms with Crippen LogP contribution in [0.1, 0.15) is 44.1 Å². The van der Waals surface area contributed by atoms with E-state index in [1.165, 1.54) is 0 Å². The Morgan fingerprint density at radius 3 is 2.25 bits per heavy atom. The summed E-state index contributed by atoms with van der Waals surface area (Å²) in [6.07, 6.45) is 2.84. The largest absolute Gasteiger partial charge is 0.390 e. The molecule has 2 aromatic carbocycles. The zero-order valence-electron chi connectivity index (χ0n) is 13.8. The topological polar surface area (TPSA) is 80.4 Å². The summed E-state index contributed by atoms with van der Waals surface area (Å²) >= 11 is 0. The highest BCUT2D eigenvalue weighted by Crippen LogP contribution is 2.41.